The lowest BCUT2D eigenvalue weighted by Gasteiger charge is -2.10. The Hall–Kier alpha value is -2.67. The van der Waals surface area contributed by atoms with Gasteiger partial charge in [-0.15, -0.1) is 0 Å². The SMILES string of the molecule is COc1ccc2nc(C(=O)Nc3ccccc3SC(F)F)ccc2c1. The van der Waals surface area contributed by atoms with Crippen LogP contribution in [-0.4, -0.2) is 23.8 Å². The Balaban J connectivity index is 1.85. The summed E-state index contributed by atoms with van der Waals surface area (Å²) in [7, 11) is 1.57. The quantitative estimate of drug-likeness (QED) is 0.664. The van der Waals surface area contributed by atoms with Gasteiger partial charge in [0.15, 0.2) is 0 Å². The summed E-state index contributed by atoms with van der Waals surface area (Å²) in [4.78, 5) is 17.0. The maximum atomic E-state index is 12.6. The van der Waals surface area contributed by atoms with Crippen LogP contribution in [0.25, 0.3) is 10.9 Å². The Kier molecular flexibility index (Phi) is 5.14. The summed E-state index contributed by atoms with van der Waals surface area (Å²) < 4.78 is 30.4. The average molecular weight is 360 g/mol. The number of amides is 1. The van der Waals surface area contributed by atoms with Crippen LogP contribution >= 0.6 is 11.8 Å². The minimum atomic E-state index is -2.56. The molecule has 0 aliphatic rings. The molecule has 128 valence electrons. The number of rotatable bonds is 5. The van der Waals surface area contributed by atoms with E-state index in [1.54, 1.807) is 49.6 Å². The van der Waals surface area contributed by atoms with Crippen molar-refractivity contribution in [2.75, 3.05) is 12.4 Å². The van der Waals surface area contributed by atoms with E-state index in [1.165, 1.54) is 6.07 Å². The molecule has 0 aliphatic heterocycles. The number of nitrogens with one attached hydrogen (secondary N) is 1. The van der Waals surface area contributed by atoms with Crippen molar-refractivity contribution in [1.29, 1.82) is 0 Å². The average Bonchev–Trinajstić information content (AvgIpc) is 2.62. The number of alkyl halides is 2. The summed E-state index contributed by atoms with van der Waals surface area (Å²) in [5, 5.41) is 3.48. The zero-order chi connectivity index (χ0) is 17.8. The van der Waals surface area contributed by atoms with Gasteiger partial charge in [-0.3, -0.25) is 4.79 Å². The molecule has 3 aromatic rings. The van der Waals surface area contributed by atoms with Gasteiger partial charge < -0.3 is 10.1 Å². The van der Waals surface area contributed by atoms with E-state index < -0.39 is 11.7 Å². The summed E-state index contributed by atoms with van der Waals surface area (Å²) in [5.74, 6) is -2.32. The number of halogens is 2. The van der Waals surface area contributed by atoms with E-state index in [1.807, 2.05) is 6.07 Å². The number of nitrogens with zero attached hydrogens (tertiary/aromatic N) is 1. The fraction of sp³-hybridized carbons (Fsp3) is 0.111. The highest BCUT2D eigenvalue weighted by Gasteiger charge is 2.14. The molecule has 2 aromatic carbocycles. The first-order valence-corrected chi connectivity index (χ1v) is 8.25. The van der Waals surface area contributed by atoms with Crippen LogP contribution in [0.15, 0.2) is 59.5 Å². The molecule has 0 spiro atoms. The molecule has 0 saturated carbocycles. The molecule has 3 rings (SSSR count). The third-order valence-corrected chi connectivity index (χ3v) is 4.27. The molecule has 1 aromatic heterocycles. The highest BCUT2D eigenvalue weighted by Crippen LogP contribution is 2.31. The largest absolute Gasteiger partial charge is 0.497 e. The lowest BCUT2D eigenvalue weighted by molar-refractivity contribution is 0.102. The number of hydrogen-bond donors (Lipinski definition) is 1. The summed E-state index contributed by atoms with van der Waals surface area (Å²) in [5.41, 5.74) is 1.17. The van der Waals surface area contributed by atoms with Gasteiger partial charge in [-0.05, 0) is 36.4 Å². The Morgan fingerprint density at radius 3 is 2.72 bits per heavy atom. The predicted octanol–water partition coefficient (Wildman–Crippen LogP) is 4.81. The van der Waals surface area contributed by atoms with Crippen molar-refractivity contribution in [3.8, 4) is 5.75 Å². The van der Waals surface area contributed by atoms with E-state index in [0.717, 1.165) is 5.39 Å². The minimum Gasteiger partial charge on any atom is -0.497 e. The smallest absolute Gasteiger partial charge is 0.288 e. The zero-order valence-electron chi connectivity index (χ0n) is 13.2. The highest BCUT2D eigenvalue weighted by molar-refractivity contribution is 7.99. The van der Waals surface area contributed by atoms with Crippen LogP contribution < -0.4 is 10.1 Å². The second-order valence-corrected chi connectivity index (χ2v) is 6.12. The summed E-state index contributed by atoms with van der Waals surface area (Å²) in [6.07, 6.45) is 0. The van der Waals surface area contributed by atoms with E-state index >= 15 is 0 Å². The van der Waals surface area contributed by atoms with Crippen molar-refractivity contribution in [3.63, 3.8) is 0 Å². The molecule has 4 nitrogen and oxygen atoms in total. The minimum absolute atomic E-state index is 0.203. The van der Waals surface area contributed by atoms with Crippen LogP contribution in [0.1, 0.15) is 10.5 Å². The van der Waals surface area contributed by atoms with Gasteiger partial charge in [0.05, 0.1) is 18.3 Å². The first-order valence-electron chi connectivity index (χ1n) is 7.37. The number of hydrogen-bond acceptors (Lipinski definition) is 4. The van der Waals surface area contributed by atoms with Gasteiger partial charge in [0, 0.05) is 10.3 Å². The first kappa shape index (κ1) is 17.2. The maximum Gasteiger partial charge on any atom is 0.288 e. The third-order valence-electron chi connectivity index (χ3n) is 3.48. The number of fused-ring (bicyclic) bond motifs is 1. The van der Waals surface area contributed by atoms with E-state index in [4.69, 9.17) is 4.74 Å². The molecule has 25 heavy (non-hydrogen) atoms. The van der Waals surface area contributed by atoms with Crippen molar-refractivity contribution < 1.29 is 18.3 Å². The summed E-state index contributed by atoms with van der Waals surface area (Å²) >= 11 is 0.387. The van der Waals surface area contributed by atoms with Gasteiger partial charge >= 0.3 is 0 Å². The van der Waals surface area contributed by atoms with E-state index in [0.29, 0.717) is 33.6 Å². The Labute approximate surface area is 147 Å². The van der Waals surface area contributed by atoms with Crippen molar-refractivity contribution in [1.82, 2.24) is 4.98 Å². The second kappa shape index (κ2) is 7.48. The lowest BCUT2D eigenvalue weighted by atomic mass is 10.2. The number of thioether (sulfide) groups is 1. The fourth-order valence-electron chi connectivity index (χ4n) is 2.31. The second-order valence-electron chi connectivity index (χ2n) is 5.08. The number of ether oxygens (including phenoxy) is 1. The van der Waals surface area contributed by atoms with Crippen molar-refractivity contribution in [2.45, 2.75) is 10.7 Å². The molecule has 7 heteroatoms. The van der Waals surface area contributed by atoms with Gasteiger partial charge in [-0.1, -0.05) is 30.0 Å². The Bertz CT molecular complexity index is 918. The molecule has 0 saturated heterocycles. The molecule has 0 unspecified atom stereocenters. The highest BCUT2D eigenvalue weighted by atomic mass is 32.2. The molecule has 0 radical (unpaired) electrons. The van der Waals surface area contributed by atoms with E-state index in [-0.39, 0.29) is 5.69 Å². The monoisotopic (exact) mass is 360 g/mol. The van der Waals surface area contributed by atoms with Crippen LogP contribution in [0.5, 0.6) is 5.75 Å². The number of benzene rings is 2. The van der Waals surface area contributed by atoms with Crippen LogP contribution in [0.3, 0.4) is 0 Å². The molecule has 1 amide bonds. The molecule has 1 heterocycles. The van der Waals surface area contributed by atoms with Crippen LogP contribution in [0.4, 0.5) is 14.5 Å². The Morgan fingerprint density at radius 2 is 1.96 bits per heavy atom. The number of carbonyl (C=O) groups is 1. The van der Waals surface area contributed by atoms with Gasteiger partial charge in [0.1, 0.15) is 11.4 Å². The van der Waals surface area contributed by atoms with Gasteiger partial charge in [-0.2, -0.15) is 8.78 Å². The van der Waals surface area contributed by atoms with Crippen LogP contribution in [0.2, 0.25) is 0 Å². The normalized spacial score (nSPS) is 10.9. The predicted molar refractivity (Wildman–Crippen MR) is 94.6 cm³/mol. The number of methoxy groups -OCH3 is 1. The molecule has 0 fully saturated rings. The molecule has 0 bridgehead atoms. The molecule has 0 aliphatic carbocycles. The van der Waals surface area contributed by atoms with Crippen LogP contribution in [-0.2, 0) is 0 Å². The standard InChI is InChI=1S/C18H14F2N2O2S/c1-24-12-7-9-13-11(10-12)6-8-15(21-13)17(23)22-14-4-2-3-5-16(14)25-18(19)20/h2-10,18H,1H3,(H,22,23). The van der Waals surface area contributed by atoms with Crippen molar-refractivity contribution in [3.05, 3.63) is 60.3 Å². The van der Waals surface area contributed by atoms with Crippen LogP contribution in [0, 0.1) is 0 Å². The fourth-order valence-corrected chi connectivity index (χ4v) is 2.91. The number of anilines is 1. The topological polar surface area (TPSA) is 51.2 Å². The van der Waals surface area contributed by atoms with E-state index in [2.05, 4.69) is 10.3 Å². The molecular weight excluding hydrogens is 346 g/mol. The summed E-state index contributed by atoms with van der Waals surface area (Å²) in [6.45, 7) is 0. The summed E-state index contributed by atoms with van der Waals surface area (Å²) in [6, 6.07) is 15.1. The van der Waals surface area contributed by atoms with Gasteiger partial charge in [0.2, 0.25) is 0 Å². The first-order chi connectivity index (χ1) is 12.1. The molecule has 0 atom stereocenters. The molecular formula is C18H14F2N2O2S. The number of pyridine rings is 1. The lowest BCUT2D eigenvalue weighted by Crippen LogP contribution is -2.14. The van der Waals surface area contributed by atoms with Crippen molar-refractivity contribution in [2.24, 2.45) is 0 Å². The van der Waals surface area contributed by atoms with Gasteiger partial charge in [-0.25, -0.2) is 4.98 Å². The maximum absolute atomic E-state index is 12.6. The number of aromatic nitrogens is 1. The third kappa shape index (κ3) is 4.06. The van der Waals surface area contributed by atoms with E-state index in [9.17, 15) is 13.6 Å². The molecule has 1 N–H and O–H groups in total. The number of para-hydroxylation sites is 1. The zero-order valence-corrected chi connectivity index (χ0v) is 14.0. The number of carbonyl (C=O) groups excluding carboxylic acids is 1. The van der Waals surface area contributed by atoms with Crippen molar-refractivity contribution >= 4 is 34.3 Å². The van der Waals surface area contributed by atoms with Gasteiger partial charge in [0.25, 0.3) is 11.7 Å². The Morgan fingerprint density at radius 1 is 1.16 bits per heavy atom.